The van der Waals surface area contributed by atoms with Crippen LogP contribution in [0.3, 0.4) is 0 Å². The van der Waals surface area contributed by atoms with Gasteiger partial charge in [-0.15, -0.1) is 0 Å². The minimum absolute atomic E-state index is 0.363. The lowest BCUT2D eigenvalue weighted by Crippen LogP contribution is -2.43. The fourth-order valence-corrected chi connectivity index (χ4v) is 1.99. The first-order valence-electron chi connectivity index (χ1n) is 4.77. The molecule has 1 fully saturated rings. The minimum atomic E-state index is -0.615. The van der Waals surface area contributed by atoms with Crippen LogP contribution in [0.4, 0.5) is 0 Å². The van der Waals surface area contributed by atoms with Crippen LogP contribution in [0.25, 0.3) is 0 Å². The number of nitrogens with zero attached hydrogens (tertiary/aromatic N) is 2. The van der Waals surface area contributed by atoms with Crippen LogP contribution in [0.15, 0.2) is 6.20 Å². The molecule has 0 saturated heterocycles. The maximum Gasteiger partial charge on any atom is 0.109 e. The largest absolute Gasteiger partial charge is 0.383 e. The van der Waals surface area contributed by atoms with E-state index in [1.165, 1.54) is 0 Å². The van der Waals surface area contributed by atoms with Crippen LogP contribution in [0.1, 0.15) is 31.3 Å². The molecule has 1 saturated carbocycles. The third-order valence-electron chi connectivity index (χ3n) is 3.44. The number of rotatable bonds is 1. The Balaban J connectivity index is 2.40. The van der Waals surface area contributed by atoms with Crippen molar-refractivity contribution in [3.8, 4) is 0 Å². The summed E-state index contributed by atoms with van der Waals surface area (Å²) in [5.41, 5.74) is 0.347. The van der Waals surface area contributed by atoms with E-state index in [-0.39, 0.29) is 0 Å². The second kappa shape index (κ2) is 2.58. The van der Waals surface area contributed by atoms with Crippen LogP contribution in [0.5, 0.6) is 0 Å². The molecule has 0 radical (unpaired) electrons. The Morgan fingerprint density at radius 3 is 2.69 bits per heavy atom. The average molecular weight is 180 g/mol. The summed E-state index contributed by atoms with van der Waals surface area (Å²) in [6, 6.07) is 0. The summed E-state index contributed by atoms with van der Waals surface area (Å²) in [7, 11) is 1.96. The summed E-state index contributed by atoms with van der Waals surface area (Å²) in [4.78, 5) is 4.20. The van der Waals surface area contributed by atoms with Crippen molar-refractivity contribution < 1.29 is 5.11 Å². The molecule has 13 heavy (non-hydrogen) atoms. The molecule has 72 valence electrons. The standard InChI is InChI=1S/C10H16N2O/c1-7-4-5-10(7,13)9-6-11-8(2)12(9)3/h6-7,13H,4-5H2,1-3H3. The van der Waals surface area contributed by atoms with Gasteiger partial charge < -0.3 is 9.67 Å². The van der Waals surface area contributed by atoms with Gasteiger partial charge in [0.15, 0.2) is 0 Å². The highest BCUT2D eigenvalue weighted by Gasteiger charge is 2.45. The first kappa shape index (κ1) is 8.75. The van der Waals surface area contributed by atoms with Crippen LogP contribution in [0.2, 0.25) is 0 Å². The molecule has 0 amide bonds. The number of aliphatic hydroxyl groups is 1. The van der Waals surface area contributed by atoms with Gasteiger partial charge in [-0.05, 0) is 25.7 Å². The highest BCUT2D eigenvalue weighted by atomic mass is 16.3. The summed E-state index contributed by atoms with van der Waals surface area (Å²) < 4.78 is 1.98. The van der Waals surface area contributed by atoms with E-state index >= 15 is 0 Å². The van der Waals surface area contributed by atoms with E-state index in [1.54, 1.807) is 6.20 Å². The molecule has 0 spiro atoms. The van der Waals surface area contributed by atoms with Gasteiger partial charge in [0, 0.05) is 7.05 Å². The molecule has 1 aromatic heterocycles. The maximum atomic E-state index is 10.3. The highest BCUT2D eigenvalue weighted by Crippen LogP contribution is 2.46. The van der Waals surface area contributed by atoms with Gasteiger partial charge in [0.25, 0.3) is 0 Å². The van der Waals surface area contributed by atoms with Gasteiger partial charge in [0.05, 0.1) is 11.9 Å². The van der Waals surface area contributed by atoms with Crippen molar-refractivity contribution in [3.05, 3.63) is 17.7 Å². The van der Waals surface area contributed by atoms with Crippen molar-refractivity contribution in [3.63, 3.8) is 0 Å². The molecular weight excluding hydrogens is 164 g/mol. The van der Waals surface area contributed by atoms with Crippen LogP contribution in [-0.2, 0) is 12.6 Å². The van der Waals surface area contributed by atoms with Crippen LogP contribution >= 0.6 is 0 Å². The summed E-state index contributed by atoms with van der Waals surface area (Å²) in [5.74, 6) is 1.32. The van der Waals surface area contributed by atoms with Crippen molar-refractivity contribution in [1.82, 2.24) is 9.55 Å². The first-order valence-corrected chi connectivity index (χ1v) is 4.77. The number of hydrogen-bond acceptors (Lipinski definition) is 2. The summed E-state index contributed by atoms with van der Waals surface area (Å²) >= 11 is 0. The molecule has 2 unspecified atom stereocenters. The Labute approximate surface area is 78.4 Å². The van der Waals surface area contributed by atoms with E-state index in [4.69, 9.17) is 0 Å². The highest BCUT2D eigenvalue weighted by molar-refractivity contribution is 5.18. The van der Waals surface area contributed by atoms with Gasteiger partial charge in [0.2, 0.25) is 0 Å². The SMILES string of the molecule is Cc1ncc(C2(O)CCC2C)n1C. The second-order valence-electron chi connectivity index (χ2n) is 4.11. The molecule has 1 aliphatic rings. The lowest BCUT2D eigenvalue weighted by Gasteiger charge is -2.43. The molecule has 0 aromatic carbocycles. The van der Waals surface area contributed by atoms with Crippen molar-refractivity contribution >= 4 is 0 Å². The zero-order valence-corrected chi connectivity index (χ0v) is 8.41. The van der Waals surface area contributed by atoms with Crippen molar-refractivity contribution in [2.24, 2.45) is 13.0 Å². The molecule has 1 heterocycles. The molecule has 0 aliphatic heterocycles. The van der Waals surface area contributed by atoms with Crippen molar-refractivity contribution in [2.75, 3.05) is 0 Å². The molecule has 2 atom stereocenters. The van der Waals surface area contributed by atoms with Gasteiger partial charge in [-0.3, -0.25) is 0 Å². The molecule has 1 N–H and O–H groups in total. The number of imidazole rings is 1. The van der Waals surface area contributed by atoms with Crippen molar-refractivity contribution in [1.29, 1.82) is 0 Å². The Hall–Kier alpha value is -0.830. The molecule has 3 heteroatoms. The number of aryl methyl sites for hydroxylation is 1. The third-order valence-corrected chi connectivity index (χ3v) is 3.44. The Bertz CT molecular complexity index is 332. The van der Waals surface area contributed by atoms with E-state index in [2.05, 4.69) is 11.9 Å². The summed E-state index contributed by atoms with van der Waals surface area (Å²) in [6.45, 7) is 4.04. The lowest BCUT2D eigenvalue weighted by molar-refractivity contribution is -0.0984. The average Bonchev–Trinajstić information content (AvgIpc) is 2.44. The monoisotopic (exact) mass is 180 g/mol. The molecular formula is C10H16N2O. The van der Waals surface area contributed by atoms with E-state index in [0.717, 1.165) is 24.4 Å². The maximum absolute atomic E-state index is 10.3. The van der Waals surface area contributed by atoms with Crippen molar-refractivity contribution in [2.45, 2.75) is 32.3 Å². The number of aromatic nitrogens is 2. The molecule has 1 aromatic rings. The fourth-order valence-electron chi connectivity index (χ4n) is 1.99. The zero-order chi connectivity index (χ0) is 9.64. The Morgan fingerprint density at radius 2 is 2.38 bits per heavy atom. The summed E-state index contributed by atoms with van der Waals surface area (Å²) in [5, 5.41) is 10.3. The predicted octanol–water partition coefficient (Wildman–Crippen LogP) is 1.35. The Kier molecular flexibility index (Phi) is 1.74. The summed E-state index contributed by atoms with van der Waals surface area (Å²) in [6.07, 6.45) is 3.78. The van der Waals surface area contributed by atoms with Gasteiger partial charge >= 0.3 is 0 Å². The van der Waals surface area contributed by atoms with E-state index in [9.17, 15) is 5.11 Å². The second-order valence-corrected chi connectivity index (χ2v) is 4.11. The minimum Gasteiger partial charge on any atom is -0.383 e. The van der Waals surface area contributed by atoms with Crippen LogP contribution < -0.4 is 0 Å². The van der Waals surface area contributed by atoms with E-state index < -0.39 is 5.60 Å². The normalized spacial score (nSPS) is 33.1. The third kappa shape index (κ3) is 1.03. The smallest absolute Gasteiger partial charge is 0.109 e. The lowest BCUT2D eigenvalue weighted by atomic mass is 9.69. The predicted molar refractivity (Wildman–Crippen MR) is 50.2 cm³/mol. The Morgan fingerprint density at radius 1 is 1.69 bits per heavy atom. The molecule has 0 bridgehead atoms. The van der Waals surface area contributed by atoms with Gasteiger partial charge in [0.1, 0.15) is 11.4 Å². The van der Waals surface area contributed by atoms with Gasteiger partial charge in [-0.2, -0.15) is 0 Å². The molecule has 2 rings (SSSR count). The molecule has 3 nitrogen and oxygen atoms in total. The van der Waals surface area contributed by atoms with Crippen LogP contribution in [-0.4, -0.2) is 14.7 Å². The fraction of sp³-hybridized carbons (Fsp3) is 0.700. The first-order chi connectivity index (χ1) is 6.05. The zero-order valence-electron chi connectivity index (χ0n) is 8.41. The molecule has 1 aliphatic carbocycles. The van der Waals surface area contributed by atoms with Crippen LogP contribution in [0, 0.1) is 12.8 Å². The quantitative estimate of drug-likeness (QED) is 0.708. The topological polar surface area (TPSA) is 38.1 Å². The van der Waals surface area contributed by atoms with Gasteiger partial charge in [-0.1, -0.05) is 6.92 Å². The van der Waals surface area contributed by atoms with E-state index in [1.807, 2.05) is 18.5 Å². The van der Waals surface area contributed by atoms with E-state index in [0.29, 0.717) is 5.92 Å². The number of hydrogen-bond donors (Lipinski definition) is 1. The van der Waals surface area contributed by atoms with Gasteiger partial charge in [-0.25, -0.2) is 4.98 Å².